The minimum atomic E-state index is 0.674. The van der Waals surface area contributed by atoms with Crippen molar-refractivity contribution in [2.24, 2.45) is 0 Å². The van der Waals surface area contributed by atoms with Gasteiger partial charge >= 0.3 is 0 Å². The molecule has 0 bridgehead atoms. The van der Waals surface area contributed by atoms with Gasteiger partial charge in [-0.3, -0.25) is 0 Å². The van der Waals surface area contributed by atoms with Crippen molar-refractivity contribution in [1.29, 1.82) is 5.26 Å². The molecule has 0 spiro atoms. The number of hydrogen-bond donors (Lipinski definition) is 0. The molecule has 0 aliphatic heterocycles. The molecular formula is C14H10BrNO. The predicted molar refractivity (Wildman–Crippen MR) is 70.1 cm³/mol. The average Bonchev–Trinajstić information content (AvgIpc) is 2.32. The summed E-state index contributed by atoms with van der Waals surface area (Å²) in [7, 11) is 0. The topological polar surface area (TPSA) is 33.0 Å². The molecular weight excluding hydrogens is 278 g/mol. The van der Waals surface area contributed by atoms with Crippen LogP contribution in [0.4, 0.5) is 0 Å². The molecule has 2 rings (SSSR count). The Morgan fingerprint density at radius 2 is 1.71 bits per heavy atom. The van der Waals surface area contributed by atoms with Crippen LogP contribution in [0.15, 0.2) is 46.9 Å². The molecule has 0 N–H and O–H groups in total. The lowest BCUT2D eigenvalue weighted by Crippen LogP contribution is -1.87. The van der Waals surface area contributed by atoms with Gasteiger partial charge in [-0.2, -0.15) is 5.26 Å². The first-order chi connectivity index (χ1) is 8.19. The highest BCUT2D eigenvalue weighted by Gasteiger charge is 2.01. The molecule has 0 fully saturated rings. The normalized spacial score (nSPS) is 9.71. The molecule has 0 aliphatic rings. The van der Waals surface area contributed by atoms with Gasteiger partial charge in [-0.25, -0.2) is 0 Å². The second-order valence-corrected chi connectivity index (χ2v) is 4.56. The molecule has 2 nitrogen and oxygen atoms in total. The molecule has 2 aromatic carbocycles. The van der Waals surface area contributed by atoms with Crippen LogP contribution in [0.1, 0.15) is 11.1 Å². The van der Waals surface area contributed by atoms with Crippen molar-refractivity contribution in [2.45, 2.75) is 6.92 Å². The number of rotatable bonds is 2. The molecule has 84 valence electrons. The quantitative estimate of drug-likeness (QED) is 0.819. The molecule has 0 radical (unpaired) electrons. The van der Waals surface area contributed by atoms with Gasteiger partial charge in [0.1, 0.15) is 11.5 Å². The number of ether oxygens (including phenoxy) is 1. The fourth-order valence-corrected chi connectivity index (χ4v) is 1.73. The third kappa shape index (κ3) is 2.86. The minimum absolute atomic E-state index is 0.674. The van der Waals surface area contributed by atoms with Gasteiger partial charge in [0.15, 0.2) is 0 Å². The van der Waals surface area contributed by atoms with Crippen LogP contribution in [0.5, 0.6) is 11.5 Å². The lowest BCUT2D eigenvalue weighted by atomic mass is 10.1. The molecule has 0 heterocycles. The third-order valence-corrected chi connectivity index (χ3v) is 2.90. The standard InChI is InChI=1S/C14H10BrNO/c1-10-8-14(5-2-11(10)9-16)17-13-6-3-12(15)4-7-13/h2-8H,1H3. The Bertz CT molecular complexity index is 570. The summed E-state index contributed by atoms with van der Waals surface area (Å²) in [4.78, 5) is 0. The Balaban J connectivity index is 2.22. The number of nitrogens with zero attached hydrogens (tertiary/aromatic N) is 1. The van der Waals surface area contributed by atoms with E-state index >= 15 is 0 Å². The number of aryl methyl sites for hydroxylation is 1. The highest BCUT2D eigenvalue weighted by molar-refractivity contribution is 9.10. The molecule has 0 amide bonds. The highest BCUT2D eigenvalue weighted by atomic mass is 79.9. The SMILES string of the molecule is Cc1cc(Oc2ccc(Br)cc2)ccc1C#N. The molecule has 2 aromatic rings. The van der Waals surface area contributed by atoms with Gasteiger partial charge in [-0.05, 0) is 55.0 Å². The summed E-state index contributed by atoms with van der Waals surface area (Å²) in [5.41, 5.74) is 1.59. The maximum atomic E-state index is 8.83. The molecule has 0 aliphatic carbocycles. The van der Waals surface area contributed by atoms with E-state index in [9.17, 15) is 0 Å². The van der Waals surface area contributed by atoms with E-state index in [4.69, 9.17) is 10.00 Å². The lowest BCUT2D eigenvalue weighted by Gasteiger charge is -2.07. The Hall–Kier alpha value is -1.79. The second-order valence-electron chi connectivity index (χ2n) is 3.64. The van der Waals surface area contributed by atoms with Crippen molar-refractivity contribution in [2.75, 3.05) is 0 Å². The van der Waals surface area contributed by atoms with Crippen LogP contribution in [0.25, 0.3) is 0 Å². The summed E-state index contributed by atoms with van der Waals surface area (Å²) in [6.07, 6.45) is 0. The number of benzene rings is 2. The third-order valence-electron chi connectivity index (χ3n) is 2.37. The lowest BCUT2D eigenvalue weighted by molar-refractivity contribution is 0.482. The van der Waals surface area contributed by atoms with Crippen LogP contribution < -0.4 is 4.74 Å². The maximum absolute atomic E-state index is 8.83. The van der Waals surface area contributed by atoms with Crippen LogP contribution in [0.3, 0.4) is 0 Å². The summed E-state index contributed by atoms with van der Waals surface area (Å²) < 4.78 is 6.70. The first kappa shape index (κ1) is 11.7. The molecule has 0 atom stereocenters. The molecule has 0 saturated carbocycles. The zero-order valence-corrected chi connectivity index (χ0v) is 10.9. The largest absolute Gasteiger partial charge is 0.457 e. The zero-order valence-electron chi connectivity index (χ0n) is 9.27. The summed E-state index contributed by atoms with van der Waals surface area (Å²) in [5, 5.41) is 8.83. The van der Waals surface area contributed by atoms with E-state index in [1.165, 1.54) is 0 Å². The average molecular weight is 288 g/mol. The molecule has 0 aromatic heterocycles. The number of hydrogen-bond acceptors (Lipinski definition) is 2. The molecule has 0 unspecified atom stereocenters. The Morgan fingerprint density at radius 3 is 2.29 bits per heavy atom. The van der Waals surface area contributed by atoms with Crippen molar-refractivity contribution in [3.8, 4) is 17.6 Å². The van der Waals surface area contributed by atoms with Gasteiger partial charge < -0.3 is 4.74 Å². The number of halogens is 1. The van der Waals surface area contributed by atoms with E-state index in [0.29, 0.717) is 5.56 Å². The van der Waals surface area contributed by atoms with Crippen LogP contribution in [0, 0.1) is 18.3 Å². The second kappa shape index (κ2) is 5.03. The van der Waals surface area contributed by atoms with E-state index in [0.717, 1.165) is 21.5 Å². The molecule has 0 saturated heterocycles. The van der Waals surface area contributed by atoms with Crippen LogP contribution in [0.2, 0.25) is 0 Å². The van der Waals surface area contributed by atoms with Gasteiger partial charge in [0.25, 0.3) is 0 Å². The van der Waals surface area contributed by atoms with Crippen LogP contribution in [-0.2, 0) is 0 Å². The van der Waals surface area contributed by atoms with E-state index in [1.807, 2.05) is 37.3 Å². The van der Waals surface area contributed by atoms with E-state index in [-0.39, 0.29) is 0 Å². The van der Waals surface area contributed by atoms with Crippen molar-refractivity contribution in [3.05, 3.63) is 58.1 Å². The van der Waals surface area contributed by atoms with Gasteiger partial charge in [0, 0.05) is 4.47 Å². The first-order valence-corrected chi connectivity index (χ1v) is 5.92. The van der Waals surface area contributed by atoms with Crippen molar-refractivity contribution < 1.29 is 4.74 Å². The monoisotopic (exact) mass is 287 g/mol. The minimum Gasteiger partial charge on any atom is -0.457 e. The highest BCUT2D eigenvalue weighted by Crippen LogP contribution is 2.24. The van der Waals surface area contributed by atoms with Crippen LogP contribution in [-0.4, -0.2) is 0 Å². The summed E-state index contributed by atoms with van der Waals surface area (Å²) in [6, 6.07) is 15.2. The van der Waals surface area contributed by atoms with Gasteiger partial charge in [-0.15, -0.1) is 0 Å². The zero-order chi connectivity index (χ0) is 12.3. The maximum Gasteiger partial charge on any atom is 0.127 e. The van der Waals surface area contributed by atoms with Crippen LogP contribution >= 0.6 is 15.9 Å². The Labute approximate surface area is 109 Å². The van der Waals surface area contributed by atoms with Crippen molar-refractivity contribution >= 4 is 15.9 Å². The molecule has 3 heteroatoms. The number of nitriles is 1. The van der Waals surface area contributed by atoms with Gasteiger partial charge in [0.05, 0.1) is 11.6 Å². The molecule has 17 heavy (non-hydrogen) atoms. The summed E-state index contributed by atoms with van der Waals surface area (Å²) >= 11 is 3.37. The fraction of sp³-hybridized carbons (Fsp3) is 0.0714. The summed E-state index contributed by atoms with van der Waals surface area (Å²) in [6.45, 7) is 1.90. The smallest absolute Gasteiger partial charge is 0.127 e. The first-order valence-electron chi connectivity index (χ1n) is 5.13. The van der Waals surface area contributed by atoms with E-state index in [1.54, 1.807) is 12.1 Å². The predicted octanol–water partition coefficient (Wildman–Crippen LogP) is 4.42. The van der Waals surface area contributed by atoms with Crippen molar-refractivity contribution in [1.82, 2.24) is 0 Å². The van der Waals surface area contributed by atoms with E-state index in [2.05, 4.69) is 22.0 Å². The van der Waals surface area contributed by atoms with Gasteiger partial charge in [0.2, 0.25) is 0 Å². The van der Waals surface area contributed by atoms with Crippen molar-refractivity contribution in [3.63, 3.8) is 0 Å². The fourth-order valence-electron chi connectivity index (χ4n) is 1.46. The Kier molecular flexibility index (Phi) is 3.46. The van der Waals surface area contributed by atoms with E-state index < -0.39 is 0 Å². The summed E-state index contributed by atoms with van der Waals surface area (Å²) in [5.74, 6) is 1.51. The Morgan fingerprint density at radius 1 is 1.06 bits per heavy atom. The van der Waals surface area contributed by atoms with Gasteiger partial charge in [-0.1, -0.05) is 15.9 Å².